The zero-order valence-corrected chi connectivity index (χ0v) is 7.17. The molecule has 1 aliphatic heterocycles. The molecule has 60 valence electrons. The van der Waals surface area contributed by atoms with Crippen LogP contribution < -0.4 is 0 Å². The first-order valence-corrected chi connectivity index (χ1v) is 4.28. The second kappa shape index (κ2) is 2.36. The number of imidazole rings is 1. The van der Waals surface area contributed by atoms with Gasteiger partial charge in [0.15, 0.2) is 0 Å². The number of aromatic nitrogens is 2. The summed E-state index contributed by atoms with van der Waals surface area (Å²) in [4.78, 5) is 4.45. The molecule has 0 aliphatic carbocycles. The highest BCUT2D eigenvalue weighted by atomic mass is 15.1. The van der Waals surface area contributed by atoms with Gasteiger partial charge < -0.3 is 4.57 Å². The monoisotopic (exact) mass is 150 g/mol. The highest BCUT2D eigenvalue weighted by Crippen LogP contribution is 2.18. The largest absolute Gasteiger partial charge is 0.334 e. The maximum absolute atomic E-state index is 4.45. The van der Waals surface area contributed by atoms with E-state index in [1.165, 1.54) is 12.2 Å². The maximum atomic E-state index is 4.45. The quantitative estimate of drug-likeness (QED) is 0.551. The van der Waals surface area contributed by atoms with Gasteiger partial charge in [0, 0.05) is 19.2 Å². The first-order chi connectivity index (χ1) is 5.25. The zero-order chi connectivity index (χ0) is 7.84. The van der Waals surface area contributed by atoms with E-state index < -0.39 is 0 Å². The highest BCUT2D eigenvalue weighted by molar-refractivity contribution is 5.04. The molecular weight excluding hydrogens is 136 g/mol. The van der Waals surface area contributed by atoms with Crippen LogP contribution in [0.3, 0.4) is 0 Å². The Labute approximate surface area is 67.3 Å². The molecule has 1 aliphatic rings. The Balaban J connectivity index is 2.34. The van der Waals surface area contributed by atoms with Gasteiger partial charge in [-0.3, -0.25) is 0 Å². The molecule has 0 spiro atoms. The molecule has 1 aromatic heterocycles. The summed E-state index contributed by atoms with van der Waals surface area (Å²) in [5.41, 5.74) is 1.16. The molecule has 0 fully saturated rings. The summed E-state index contributed by atoms with van der Waals surface area (Å²) in [6, 6.07) is 0. The Morgan fingerprint density at radius 3 is 3.27 bits per heavy atom. The van der Waals surface area contributed by atoms with Crippen molar-refractivity contribution in [2.45, 2.75) is 33.2 Å². The summed E-state index contributed by atoms with van der Waals surface area (Å²) in [5, 5.41) is 0. The molecule has 11 heavy (non-hydrogen) atoms. The molecule has 1 unspecified atom stereocenters. The molecule has 0 radical (unpaired) electrons. The molecule has 0 saturated carbocycles. The van der Waals surface area contributed by atoms with E-state index in [9.17, 15) is 0 Å². The standard InChI is InChI=1S/C9H14N2/c1-7-3-4-9-10-8(2)6-11(9)5-7/h6-7H,3-5H2,1-2H3. The Kier molecular flexibility index (Phi) is 1.48. The molecule has 2 nitrogen and oxygen atoms in total. The van der Waals surface area contributed by atoms with E-state index in [2.05, 4.69) is 29.6 Å². The average molecular weight is 150 g/mol. The van der Waals surface area contributed by atoms with Gasteiger partial charge in [0.2, 0.25) is 0 Å². The van der Waals surface area contributed by atoms with Crippen molar-refractivity contribution in [2.75, 3.05) is 0 Å². The number of hydrogen-bond acceptors (Lipinski definition) is 1. The topological polar surface area (TPSA) is 17.8 Å². The fourth-order valence-electron chi connectivity index (χ4n) is 1.76. The predicted octanol–water partition coefficient (Wildman–Crippen LogP) is 1.77. The third-order valence-corrected chi connectivity index (χ3v) is 2.35. The van der Waals surface area contributed by atoms with Crippen LogP contribution in [0.4, 0.5) is 0 Å². The van der Waals surface area contributed by atoms with Crippen molar-refractivity contribution < 1.29 is 0 Å². The maximum Gasteiger partial charge on any atom is 0.108 e. The summed E-state index contributed by atoms with van der Waals surface area (Å²) in [6.07, 6.45) is 4.62. The molecule has 1 atom stereocenters. The molecule has 0 amide bonds. The predicted molar refractivity (Wildman–Crippen MR) is 44.4 cm³/mol. The normalized spacial score (nSPS) is 23.3. The second-order valence-corrected chi connectivity index (χ2v) is 3.59. The number of aryl methyl sites for hydroxylation is 2. The van der Waals surface area contributed by atoms with E-state index in [-0.39, 0.29) is 0 Å². The lowest BCUT2D eigenvalue weighted by Gasteiger charge is -2.19. The number of fused-ring (bicyclic) bond motifs is 1. The third-order valence-electron chi connectivity index (χ3n) is 2.35. The summed E-state index contributed by atoms with van der Waals surface area (Å²) >= 11 is 0. The van der Waals surface area contributed by atoms with Gasteiger partial charge >= 0.3 is 0 Å². The lowest BCUT2D eigenvalue weighted by atomic mass is 10.0. The smallest absolute Gasteiger partial charge is 0.108 e. The second-order valence-electron chi connectivity index (χ2n) is 3.59. The van der Waals surface area contributed by atoms with Crippen LogP contribution in [0.2, 0.25) is 0 Å². The van der Waals surface area contributed by atoms with Crippen molar-refractivity contribution in [1.82, 2.24) is 9.55 Å². The Hall–Kier alpha value is -0.790. The molecule has 0 aromatic carbocycles. The van der Waals surface area contributed by atoms with E-state index in [0.29, 0.717) is 0 Å². The Morgan fingerprint density at radius 1 is 1.64 bits per heavy atom. The third kappa shape index (κ3) is 1.17. The number of rotatable bonds is 0. The lowest BCUT2D eigenvalue weighted by molar-refractivity contribution is 0.394. The summed E-state index contributed by atoms with van der Waals surface area (Å²) in [7, 11) is 0. The summed E-state index contributed by atoms with van der Waals surface area (Å²) in [6.45, 7) is 5.53. The lowest BCUT2D eigenvalue weighted by Crippen LogP contribution is -2.17. The highest BCUT2D eigenvalue weighted by Gasteiger charge is 2.15. The van der Waals surface area contributed by atoms with Crippen LogP contribution in [0.5, 0.6) is 0 Å². The van der Waals surface area contributed by atoms with Crippen molar-refractivity contribution in [3.05, 3.63) is 17.7 Å². The van der Waals surface area contributed by atoms with Gasteiger partial charge in [0.1, 0.15) is 5.82 Å². The summed E-state index contributed by atoms with van der Waals surface area (Å²) in [5.74, 6) is 2.11. The Morgan fingerprint density at radius 2 is 2.45 bits per heavy atom. The molecular formula is C9H14N2. The van der Waals surface area contributed by atoms with Crippen molar-refractivity contribution >= 4 is 0 Å². The molecule has 1 aromatic rings. The minimum atomic E-state index is 0.830. The molecule has 0 bridgehead atoms. The van der Waals surface area contributed by atoms with Gasteiger partial charge in [0.05, 0.1) is 5.69 Å². The average Bonchev–Trinajstić information content (AvgIpc) is 2.27. The van der Waals surface area contributed by atoms with Gasteiger partial charge in [-0.25, -0.2) is 4.98 Å². The molecule has 0 saturated heterocycles. The van der Waals surface area contributed by atoms with Crippen LogP contribution in [0.25, 0.3) is 0 Å². The van der Waals surface area contributed by atoms with Gasteiger partial charge in [-0.2, -0.15) is 0 Å². The van der Waals surface area contributed by atoms with E-state index >= 15 is 0 Å². The van der Waals surface area contributed by atoms with Crippen LogP contribution in [0.15, 0.2) is 6.20 Å². The zero-order valence-electron chi connectivity index (χ0n) is 7.17. The van der Waals surface area contributed by atoms with Crippen LogP contribution in [-0.4, -0.2) is 9.55 Å². The van der Waals surface area contributed by atoms with Gasteiger partial charge in [-0.15, -0.1) is 0 Å². The van der Waals surface area contributed by atoms with Crippen molar-refractivity contribution in [2.24, 2.45) is 5.92 Å². The van der Waals surface area contributed by atoms with E-state index in [4.69, 9.17) is 0 Å². The van der Waals surface area contributed by atoms with Crippen LogP contribution in [0.1, 0.15) is 24.9 Å². The van der Waals surface area contributed by atoms with Crippen LogP contribution >= 0.6 is 0 Å². The first kappa shape index (κ1) is 6.89. The van der Waals surface area contributed by atoms with E-state index in [0.717, 1.165) is 24.6 Å². The van der Waals surface area contributed by atoms with Gasteiger partial charge in [-0.05, 0) is 19.3 Å². The minimum Gasteiger partial charge on any atom is -0.334 e. The van der Waals surface area contributed by atoms with Crippen molar-refractivity contribution in [3.63, 3.8) is 0 Å². The van der Waals surface area contributed by atoms with E-state index in [1.807, 2.05) is 0 Å². The van der Waals surface area contributed by atoms with Gasteiger partial charge in [0.25, 0.3) is 0 Å². The Bertz CT molecular complexity index is 263. The number of nitrogens with zero attached hydrogens (tertiary/aromatic N) is 2. The van der Waals surface area contributed by atoms with E-state index in [1.54, 1.807) is 0 Å². The molecule has 2 heterocycles. The fourth-order valence-corrected chi connectivity index (χ4v) is 1.76. The molecule has 2 heteroatoms. The van der Waals surface area contributed by atoms with Crippen molar-refractivity contribution in [3.8, 4) is 0 Å². The fraction of sp³-hybridized carbons (Fsp3) is 0.667. The molecule has 0 N–H and O–H groups in total. The number of hydrogen-bond donors (Lipinski definition) is 0. The van der Waals surface area contributed by atoms with Crippen LogP contribution in [0, 0.1) is 12.8 Å². The van der Waals surface area contributed by atoms with Crippen LogP contribution in [-0.2, 0) is 13.0 Å². The van der Waals surface area contributed by atoms with Crippen molar-refractivity contribution in [1.29, 1.82) is 0 Å². The minimum absolute atomic E-state index is 0.830. The van der Waals surface area contributed by atoms with Gasteiger partial charge in [-0.1, -0.05) is 6.92 Å². The molecule has 2 rings (SSSR count). The first-order valence-electron chi connectivity index (χ1n) is 4.28. The summed E-state index contributed by atoms with van der Waals surface area (Å²) < 4.78 is 2.30. The SMILES string of the molecule is Cc1cn2c(n1)CCC(C)C2.